The first-order valence-electron chi connectivity index (χ1n) is 13.8. The molecular weight excluding hydrogens is 636 g/mol. The van der Waals surface area contributed by atoms with Crippen LogP contribution in [0.3, 0.4) is 0 Å². The maximum Gasteiger partial charge on any atom is 0.308 e. The second kappa shape index (κ2) is 11.3. The fraction of sp³-hybridized carbons (Fsp3) is 0.125. The number of imide groups is 1. The topological polar surface area (TPSA) is 132 Å². The summed E-state index contributed by atoms with van der Waals surface area (Å²) in [5, 5.41) is 16.0. The number of carbonyl (C=O) groups is 3. The average Bonchev–Trinajstić information content (AvgIpc) is 3.47. The van der Waals surface area contributed by atoms with Gasteiger partial charge in [0.05, 0.1) is 21.6 Å². The van der Waals surface area contributed by atoms with Crippen LogP contribution in [0, 0.1) is 16.0 Å². The molecule has 0 aliphatic carbocycles. The van der Waals surface area contributed by atoms with Gasteiger partial charge in [0.25, 0.3) is 5.69 Å². The van der Waals surface area contributed by atoms with Gasteiger partial charge in [-0.15, -0.1) is 0 Å². The van der Waals surface area contributed by atoms with E-state index in [-0.39, 0.29) is 22.8 Å². The number of fused-ring (bicyclic) bond motifs is 3. The number of anilines is 2. The molecule has 1 saturated heterocycles. The van der Waals surface area contributed by atoms with Crippen LogP contribution in [0.4, 0.5) is 17.1 Å². The summed E-state index contributed by atoms with van der Waals surface area (Å²) in [4.78, 5) is 66.3. The van der Waals surface area contributed by atoms with Crippen molar-refractivity contribution < 1.29 is 19.3 Å². The highest BCUT2D eigenvalue weighted by molar-refractivity contribution is 8.00. The van der Waals surface area contributed by atoms with E-state index in [0.29, 0.717) is 26.2 Å². The highest BCUT2D eigenvalue weighted by Crippen LogP contribution is 2.54. The number of nitrogens with zero attached hydrogens (tertiary/aromatic N) is 3. The third-order valence-electron chi connectivity index (χ3n) is 7.93. The molecule has 3 amide bonds. The Morgan fingerprint density at radius 1 is 0.911 bits per heavy atom. The van der Waals surface area contributed by atoms with Gasteiger partial charge in [-0.2, -0.15) is 0 Å². The first kappa shape index (κ1) is 29.0. The van der Waals surface area contributed by atoms with Crippen LogP contribution < -0.4 is 15.1 Å². The SMILES string of the molecule is O=C(Cn1c2c(sc1=O)[C@@H](c1ccc(Cl)cc1)[C@@H]1C(=O)N(c3ccc([N+](=O)[O-])cc3)C(=O)[C@@H]1S2)Nc1ccc2ccccc2c1. The fourth-order valence-corrected chi connectivity index (χ4v) is 8.77. The lowest BCUT2D eigenvalue weighted by Crippen LogP contribution is -2.33. The summed E-state index contributed by atoms with van der Waals surface area (Å²) in [5.41, 5.74) is 1.32. The Morgan fingerprint density at radius 3 is 2.33 bits per heavy atom. The van der Waals surface area contributed by atoms with Crippen LogP contribution in [-0.2, 0) is 20.9 Å². The molecule has 0 radical (unpaired) electrons. The number of hydrogen-bond donors (Lipinski definition) is 1. The summed E-state index contributed by atoms with van der Waals surface area (Å²) in [7, 11) is 0. The number of thiazole rings is 1. The lowest BCUT2D eigenvalue weighted by Gasteiger charge is -2.30. The number of rotatable bonds is 6. The summed E-state index contributed by atoms with van der Waals surface area (Å²) in [6.07, 6.45) is 0. The predicted octanol–water partition coefficient (Wildman–Crippen LogP) is 6.06. The summed E-state index contributed by atoms with van der Waals surface area (Å²) in [6.45, 7) is -0.288. The lowest BCUT2D eigenvalue weighted by molar-refractivity contribution is -0.384. The van der Waals surface area contributed by atoms with Crippen molar-refractivity contribution in [2.75, 3.05) is 10.2 Å². The Labute approximate surface area is 268 Å². The Hall–Kier alpha value is -4.78. The van der Waals surface area contributed by atoms with Crippen LogP contribution >= 0.6 is 34.7 Å². The molecule has 0 spiro atoms. The number of amides is 3. The fourth-order valence-electron chi connectivity index (χ4n) is 5.87. The molecule has 10 nitrogen and oxygen atoms in total. The molecule has 1 fully saturated rings. The number of nitrogens with one attached hydrogen (secondary N) is 1. The zero-order valence-corrected chi connectivity index (χ0v) is 25.5. The summed E-state index contributed by atoms with van der Waals surface area (Å²) >= 11 is 8.20. The van der Waals surface area contributed by atoms with Gasteiger partial charge in [-0.3, -0.25) is 33.9 Å². The Bertz CT molecular complexity index is 2090. The Kier molecular flexibility index (Phi) is 7.27. The standard InChI is InChI=1S/C32H21ClN4O6S2/c33-20-8-5-18(6-9-20)25-26-27(30(40)36(29(26)39)22-11-13-23(14-12-22)37(42)43)44-31-28(25)45-32(41)35(31)16-24(38)34-21-10-7-17-3-1-2-4-19(17)15-21/h1-15,25-27H,16H2,(H,34,38)/t25-,26-,27+/m0/s1. The van der Waals surface area contributed by atoms with E-state index in [0.717, 1.165) is 38.8 Å². The first-order valence-corrected chi connectivity index (χ1v) is 15.8. The molecule has 1 aromatic heterocycles. The molecule has 0 bridgehead atoms. The summed E-state index contributed by atoms with van der Waals surface area (Å²) < 4.78 is 1.35. The zero-order chi connectivity index (χ0) is 31.4. The molecule has 1 N–H and O–H groups in total. The normalized spacial score (nSPS) is 19.0. The molecular formula is C32H21ClN4O6S2. The Balaban J connectivity index is 1.25. The van der Waals surface area contributed by atoms with Crippen molar-refractivity contribution in [3.63, 3.8) is 0 Å². The molecule has 0 saturated carbocycles. The maximum absolute atomic E-state index is 14.0. The molecule has 2 aliphatic rings. The van der Waals surface area contributed by atoms with E-state index in [4.69, 9.17) is 11.6 Å². The Morgan fingerprint density at radius 2 is 1.62 bits per heavy atom. The molecule has 224 valence electrons. The van der Waals surface area contributed by atoms with Crippen LogP contribution in [0.5, 0.6) is 0 Å². The monoisotopic (exact) mass is 656 g/mol. The van der Waals surface area contributed by atoms with E-state index in [2.05, 4.69) is 5.32 Å². The van der Waals surface area contributed by atoms with Gasteiger partial charge < -0.3 is 5.32 Å². The summed E-state index contributed by atoms with van der Waals surface area (Å²) in [5.74, 6) is -2.91. The minimum atomic E-state index is -0.898. The van der Waals surface area contributed by atoms with E-state index in [1.54, 1.807) is 30.3 Å². The van der Waals surface area contributed by atoms with E-state index >= 15 is 0 Å². The smallest absolute Gasteiger partial charge is 0.308 e. The van der Waals surface area contributed by atoms with Crippen LogP contribution in [0.15, 0.2) is 101 Å². The number of nitro benzene ring substituents is 1. The van der Waals surface area contributed by atoms with Gasteiger partial charge in [0, 0.05) is 33.6 Å². The molecule has 13 heteroatoms. The lowest BCUT2D eigenvalue weighted by atomic mass is 9.83. The number of aromatic nitrogens is 1. The third-order valence-corrected chi connectivity index (χ3v) is 10.8. The van der Waals surface area contributed by atoms with Gasteiger partial charge in [0.1, 0.15) is 11.8 Å². The largest absolute Gasteiger partial charge is 0.325 e. The number of nitro groups is 1. The van der Waals surface area contributed by atoms with Gasteiger partial charge in [0.2, 0.25) is 17.7 Å². The second-order valence-corrected chi connectivity index (χ2v) is 13.2. The van der Waals surface area contributed by atoms with Crippen molar-refractivity contribution in [2.24, 2.45) is 5.92 Å². The van der Waals surface area contributed by atoms with Gasteiger partial charge >= 0.3 is 4.87 Å². The minimum absolute atomic E-state index is 0.170. The highest BCUT2D eigenvalue weighted by atomic mass is 35.5. The third kappa shape index (κ3) is 5.10. The number of hydrogen-bond acceptors (Lipinski definition) is 8. The molecule has 4 aromatic carbocycles. The van der Waals surface area contributed by atoms with Crippen LogP contribution in [-0.4, -0.2) is 32.5 Å². The van der Waals surface area contributed by atoms with Crippen molar-refractivity contribution in [2.45, 2.75) is 22.7 Å². The van der Waals surface area contributed by atoms with Crippen molar-refractivity contribution in [1.82, 2.24) is 4.57 Å². The number of non-ortho nitro benzene ring substituents is 1. The van der Waals surface area contributed by atoms with E-state index in [9.17, 15) is 29.3 Å². The maximum atomic E-state index is 14.0. The number of halogens is 1. The number of carbonyl (C=O) groups excluding carboxylic acids is 3. The van der Waals surface area contributed by atoms with Crippen molar-refractivity contribution in [3.05, 3.63) is 126 Å². The van der Waals surface area contributed by atoms with Crippen LogP contribution in [0.2, 0.25) is 5.02 Å². The molecule has 3 heterocycles. The predicted molar refractivity (Wildman–Crippen MR) is 173 cm³/mol. The summed E-state index contributed by atoms with van der Waals surface area (Å²) in [6, 6.07) is 25.4. The minimum Gasteiger partial charge on any atom is -0.325 e. The quantitative estimate of drug-likeness (QED) is 0.134. The molecule has 2 aliphatic heterocycles. The van der Waals surface area contributed by atoms with Gasteiger partial charge in [-0.1, -0.05) is 77.2 Å². The zero-order valence-electron chi connectivity index (χ0n) is 23.1. The molecule has 0 unspecified atom stereocenters. The van der Waals surface area contributed by atoms with E-state index in [1.807, 2.05) is 36.4 Å². The number of thioether (sulfide) groups is 1. The average molecular weight is 657 g/mol. The van der Waals surface area contributed by atoms with Crippen LogP contribution in [0.1, 0.15) is 16.4 Å². The van der Waals surface area contributed by atoms with Gasteiger partial charge in [-0.05, 0) is 52.7 Å². The van der Waals surface area contributed by atoms with E-state index in [1.165, 1.54) is 28.8 Å². The molecule has 3 atom stereocenters. The highest BCUT2D eigenvalue weighted by Gasteiger charge is 2.56. The van der Waals surface area contributed by atoms with Gasteiger partial charge in [-0.25, -0.2) is 4.90 Å². The number of benzene rings is 4. The molecule has 5 aromatic rings. The van der Waals surface area contributed by atoms with Crippen molar-refractivity contribution >= 4 is 80.3 Å². The van der Waals surface area contributed by atoms with Crippen LogP contribution in [0.25, 0.3) is 10.8 Å². The molecule has 45 heavy (non-hydrogen) atoms. The van der Waals surface area contributed by atoms with Crippen molar-refractivity contribution in [3.8, 4) is 0 Å². The van der Waals surface area contributed by atoms with E-state index < -0.39 is 39.7 Å². The van der Waals surface area contributed by atoms with Gasteiger partial charge in [0.15, 0.2) is 0 Å². The second-order valence-electron chi connectivity index (χ2n) is 10.6. The molecule has 7 rings (SSSR count). The first-order chi connectivity index (χ1) is 21.7. The van der Waals surface area contributed by atoms with Crippen molar-refractivity contribution in [1.29, 1.82) is 0 Å².